The second-order valence-electron chi connectivity index (χ2n) is 5.69. The molecule has 2 rings (SSSR count). The molecule has 1 saturated heterocycles. The molecular formula is C13H26N2S. The van der Waals surface area contributed by atoms with Crippen LogP contribution in [0.2, 0.25) is 0 Å². The molecule has 1 unspecified atom stereocenters. The molecule has 2 fully saturated rings. The first kappa shape index (κ1) is 12.7. The summed E-state index contributed by atoms with van der Waals surface area (Å²) in [6.07, 6.45) is 7.02. The van der Waals surface area contributed by atoms with Crippen molar-refractivity contribution in [2.75, 3.05) is 38.7 Å². The fourth-order valence-electron chi connectivity index (χ4n) is 3.07. The van der Waals surface area contributed by atoms with Gasteiger partial charge in [-0.3, -0.25) is 0 Å². The van der Waals surface area contributed by atoms with Crippen molar-refractivity contribution in [2.45, 2.75) is 37.6 Å². The van der Waals surface area contributed by atoms with E-state index in [2.05, 4.69) is 36.1 Å². The van der Waals surface area contributed by atoms with Crippen molar-refractivity contribution in [3.05, 3.63) is 0 Å². The van der Waals surface area contributed by atoms with Crippen LogP contribution in [0.4, 0.5) is 0 Å². The molecule has 0 amide bonds. The summed E-state index contributed by atoms with van der Waals surface area (Å²) in [5.41, 5.74) is 0.464. The normalized spacial score (nSPS) is 29.1. The van der Waals surface area contributed by atoms with Crippen LogP contribution >= 0.6 is 11.8 Å². The molecule has 1 aliphatic heterocycles. The monoisotopic (exact) mass is 242 g/mol. The first-order chi connectivity index (χ1) is 7.73. The topological polar surface area (TPSA) is 15.3 Å². The maximum absolute atomic E-state index is 3.74. The Kier molecular flexibility index (Phi) is 4.57. The highest BCUT2D eigenvalue weighted by atomic mass is 32.2. The molecule has 3 heteroatoms. The Hall–Kier alpha value is 0.270. The molecule has 2 nitrogen and oxygen atoms in total. The minimum Gasteiger partial charge on any atom is -0.315 e. The SMILES string of the molecule is CN(C)C1(CNCC2CCSC2)CCCC1. The van der Waals surface area contributed by atoms with Crippen LogP contribution in [0.1, 0.15) is 32.1 Å². The summed E-state index contributed by atoms with van der Waals surface area (Å²) in [7, 11) is 4.50. The van der Waals surface area contributed by atoms with Gasteiger partial charge in [0.1, 0.15) is 0 Å². The van der Waals surface area contributed by atoms with Gasteiger partial charge in [0.2, 0.25) is 0 Å². The molecule has 1 saturated carbocycles. The lowest BCUT2D eigenvalue weighted by atomic mass is 9.95. The molecular weight excluding hydrogens is 216 g/mol. The molecule has 1 aliphatic carbocycles. The third-order valence-corrected chi connectivity index (χ3v) is 5.63. The van der Waals surface area contributed by atoms with E-state index in [1.165, 1.54) is 56.7 Å². The zero-order chi connectivity index (χ0) is 11.4. The lowest BCUT2D eigenvalue weighted by Gasteiger charge is -2.37. The molecule has 2 aliphatic rings. The minimum atomic E-state index is 0.464. The maximum atomic E-state index is 3.74. The lowest BCUT2D eigenvalue weighted by molar-refractivity contribution is 0.152. The van der Waals surface area contributed by atoms with Crippen molar-refractivity contribution in [3.63, 3.8) is 0 Å². The van der Waals surface area contributed by atoms with Crippen LogP contribution in [0.5, 0.6) is 0 Å². The summed E-state index contributed by atoms with van der Waals surface area (Å²) in [6.45, 7) is 2.43. The van der Waals surface area contributed by atoms with E-state index in [4.69, 9.17) is 0 Å². The van der Waals surface area contributed by atoms with E-state index in [1.54, 1.807) is 0 Å². The van der Waals surface area contributed by atoms with Crippen LogP contribution in [0.3, 0.4) is 0 Å². The number of nitrogens with zero attached hydrogens (tertiary/aromatic N) is 1. The number of likely N-dealkylation sites (N-methyl/N-ethyl adjacent to an activating group) is 1. The van der Waals surface area contributed by atoms with Crippen LogP contribution in [-0.2, 0) is 0 Å². The first-order valence-electron chi connectivity index (χ1n) is 6.69. The maximum Gasteiger partial charge on any atom is 0.0327 e. The average molecular weight is 242 g/mol. The van der Waals surface area contributed by atoms with Gasteiger partial charge in [0.25, 0.3) is 0 Å². The highest BCUT2D eigenvalue weighted by molar-refractivity contribution is 7.99. The van der Waals surface area contributed by atoms with Gasteiger partial charge in [-0.1, -0.05) is 12.8 Å². The third-order valence-electron chi connectivity index (χ3n) is 4.39. The average Bonchev–Trinajstić information content (AvgIpc) is 2.88. The highest BCUT2D eigenvalue weighted by Crippen LogP contribution is 2.33. The van der Waals surface area contributed by atoms with Crippen molar-refractivity contribution >= 4 is 11.8 Å². The predicted octanol–water partition coefficient (Wildman–Crippen LogP) is 2.20. The summed E-state index contributed by atoms with van der Waals surface area (Å²) in [5.74, 6) is 3.69. The Morgan fingerprint density at radius 3 is 2.62 bits per heavy atom. The van der Waals surface area contributed by atoms with Crippen molar-refractivity contribution in [1.82, 2.24) is 10.2 Å². The predicted molar refractivity (Wildman–Crippen MR) is 73.2 cm³/mol. The molecule has 1 heterocycles. The van der Waals surface area contributed by atoms with Gasteiger partial charge in [-0.05, 0) is 57.3 Å². The number of hydrogen-bond donors (Lipinski definition) is 1. The van der Waals surface area contributed by atoms with Crippen molar-refractivity contribution in [2.24, 2.45) is 5.92 Å². The smallest absolute Gasteiger partial charge is 0.0327 e. The molecule has 0 spiro atoms. The van der Waals surface area contributed by atoms with Gasteiger partial charge in [-0.2, -0.15) is 11.8 Å². The quantitative estimate of drug-likeness (QED) is 0.796. The van der Waals surface area contributed by atoms with Crippen LogP contribution in [0.25, 0.3) is 0 Å². The van der Waals surface area contributed by atoms with E-state index in [1.807, 2.05) is 0 Å². The molecule has 1 N–H and O–H groups in total. The molecule has 1 atom stereocenters. The molecule has 0 aromatic carbocycles. The third kappa shape index (κ3) is 2.93. The van der Waals surface area contributed by atoms with Gasteiger partial charge in [0.15, 0.2) is 0 Å². The van der Waals surface area contributed by atoms with Gasteiger partial charge < -0.3 is 10.2 Å². The lowest BCUT2D eigenvalue weighted by Crippen LogP contribution is -2.50. The largest absolute Gasteiger partial charge is 0.315 e. The van der Waals surface area contributed by atoms with E-state index >= 15 is 0 Å². The Balaban J connectivity index is 1.73. The van der Waals surface area contributed by atoms with Crippen LogP contribution in [0, 0.1) is 5.92 Å². The van der Waals surface area contributed by atoms with Gasteiger partial charge in [-0.15, -0.1) is 0 Å². The van der Waals surface area contributed by atoms with E-state index in [0.717, 1.165) is 5.92 Å². The zero-order valence-electron chi connectivity index (χ0n) is 10.8. The van der Waals surface area contributed by atoms with Crippen LogP contribution < -0.4 is 5.32 Å². The number of thioether (sulfide) groups is 1. The summed E-state index contributed by atoms with van der Waals surface area (Å²) >= 11 is 2.12. The summed E-state index contributed by atoms with van der Waals surface area (Å²) < 4.78 is 0. The van der Waals surface area contributed by atoms with E-state index < -0.39 is 0 Å². The zero-order valence-corrected chi connectivity index (χ0v) is 11.6. The minimum absolute atomic E-state index is 0.464. The Labute approximate surface area is 105 Å². The second-order valence-corrected chi connectivity index (χ2v) is 6.84. The Morgan fingerprint density at radius 1 is 1.31 bits per heavy atom. The van der Waals surface area contributed by atoms with Gasteiger partial charge in [0.05, 0.1) is 0 Å². The second kappa shape index (κ2) is 5.74. The van der Waals surface area contributed by atoms with Crippen LogP contribution in [-0.4, -0.2) is 49.1 Å². The number of hydrogen-bond acceptors (Lipinski definition) is 3. The fourth-order valence-corrected chi connectivity index (χ4v) is 4.35. The molecule has 0 bridgehead atoms. The van der Waals surface area contributed by atoms with Gasteiger partial charge in [0, 0.05) is 12.1 Å². The van der Waals surface area contributed by atoms with Gasteiger partial charge >= 0.3 is 0 Å². The Morgan fingerprint density at radius 2 is 2.06 bits per heavy atom. The summed E-state index contributed by atoms with van der Waals surface area (Å²) in [6, 6.07) is 0. The fraction of sp³-hybridized carbons (Fsp3) is 1.00. The molecule has 0 aromatic heterocycles. The molecule has 0 radical (unpaired) electrons. The number of rotatable bonds is 5. The highest BCUT2D eigenvalue weighted by Gasteiger charge is 2.35. The van der Waals surface area contributed by atoms with Gasteiger partial charge in [-0.25, -0.2) is 0 Å². The molecule has 94 valence electrons. The Bertz CT molecular complexity index is 206. The summed E-state index contributed by atoms with van der Waals surface area (Å²) in [5, 5.41) is 3.74. The van der Waals surface area contributed by atoms with Crippen molar-refractivity contribution in [3.8, 4) is 0 Å². The standard InChI is InChI=1S/C13H26N2S/c1-15(2)13(6-3-4-7-13)11-14-9-12-5-8-16-10-12/h12,14H,3-11H2,1-2H3. The van der Waals surface area contributed by atoms with E-state index in [0.29, 0.717) is 5.54 Å². The number of nitrogens with one attached hydrogen (secondary N) is 1. The van der Waals surface area contributed by atoms with Crippen molar-refractivity contribution < 1.29 is 0 Å². The van der Waals surface area contributed by atoms with Crippen molar-refractivity contribution in [1.29, 1.82) is 0 Å². The molecule has 0 aromatic rings. The summed E-state index contributed by atoms with van der Waals surface area (Å²) in [4.78, 5) is 2.45. The van der Waals surface area contributed by atoms with Crippen LogP contribution in [0.15, 0.2) is 0 Å². The van der Waals surface area contributed by atoms with E-state index in [9.17, 15) is 0 Å². The molecule has 16 heavy (non-hydrogen) atoms. The van der Waals surface area contributed by atoms with E-state index in [-0.39, 0.29) is 0 Å². The first-order valence-corrected chi connectivity index (χ1v) is 7.84.